The molecule has 0 aliphatic carbocycles. The lowest BCUT2D eigenvalue weighted by Crippen LogP contribution is -2.35. The Morgan fingerprint density at radius 1 is 1.29 bits per heavy atom. The number of hydrogen-bond acceptors (Lipinski definition) is 4. The smallest absolute Gasteiger partial charge is 0.362 e. The summed E-state index contributed by atoms with van der Waals surface area (Å²) >= 11 is 7.41. The first-order valence-corrected chi connectivity index (χ1v) is 11.1. The summed E-state index contributed by atoms with van der Waals surface area (Å²) < 4.78 is 69.3. The fourth-order valence-electron chi connectivity index (χ4n) is 3.25. The third-order valence-electron chi connectivity index (χ3n) is 4.64. The molecule has 2 N–H and O–H groups in total. The number of nitrogens with one attached hydrogen (secondary N) is 2. The molecule has 5 nitrogen and oxygen atoms in total. The Morgan fingerprint density at radius 2 is 2.03 bits per heavy atom. The molecule has 1 aliphatic heterocycles. The number of anilines is 2. The largest absolute Gasteiger partial charge is 0.410 e. The number of nitrogens with zero attached hydrogens (tertiary/aromatic N) is 2. The molecule has 0 unspecified atom stereocenters. The Morgan fingerprint density at radius 3 is 2.65 bits per heavy atom. The second kappa shape index (κ2) is 8.17. The number of rotatable bonds is 3. The van der Waals surface area contributed by atoms with Crippen molar-refractivity contribution in [2.75, 3.05) is 10.6 Å². The molecule has 3 heterocycles. The average Bonchev–Trinajstić information content (AvgIpc) is 3.31. The molecule has 31 heavy (non-hydrogen) atoms. The SMILES string of the molecule is O=C(Nc1c(F)cc(F)cc1Br)c1nn2c(c1Br)N[C@@H](c1cccs1)C[C@H]2C(F)(F)F. The van der Waals surface area contributed by atoms with Gasteiger partial charge in [0.1, 0.15) is 11.6 Å². The first kappa shape index (κ1) is 22.2. The van der Waals surface area contributed by atoms with Gasteiger partial charge in [0.15, 0.2) is 17.6 Å². The van der Waals surface area contributed by atoms with Gasteiger partial charge in [0, 0.05) is 21.8 Å². The summed E-state index contributed by atoms with van der Waals surface area (Å²) in [4.78, 5) is 13.4. The minimum absolute atomic E-state index is 0.000789. The van der Waals surface area contributed by atoms with Crippen molar-refractivity contribution in [1.82, 2.24) is 9.78 Å². The summed E-state index contributed by atoms with van der Waals surface area (Å²) in [5.74, 6) is -2.90. The number of carbonyl (C=O) groups excluding carboxylic acids is 1. The molecule has 0 radical (unpaired) electrons. The zero-order valence-electron chi connectivity index (χ0n) is 15.1. The number of amides is 1. The maximum Gasteiger partial charge on any atom is 0.410 e. The van der Waals surface area contributed by atoms with Crippen LogP contribution in [0, 0.1) is 11.6 Å². The maximum absolute atomic E-state index is 14.1. The molecule has 0 saturated carbocycles. The van der Waals surface area contributed by atoms with Crippen LogP contribution in [0.4, 0.5) is 33.5 Å². The Bertz CT molecular complexity index is 1130. The second-order valence-corrected chi connectivity index (χ2v) is 9.29. The predicted molar refractivity (Wildman–Crippen MR) is 112 cm³/mol. The van der Waals surface area contributed by atoms with E-state index in [0.29, 0.717) is 15.6 Å². The van der Waals surface area contributed by atoms with Gasteiger partial charge in [-0.2, -0.15) is 18.3 Å². The summed E-state index contributed by atoms with van der Waals surface area (Å²) in [6.45, 7) is 0. The van der Waals surface area contributed by atoms with Gasteiger partial charge in [0.05, 0.1) is 16.2 Å². The maximum atomic E-state index is 14.1. The Balaban J connectivity index is 1.72. The Hall–Kier alpha value is -1.99. The molecule has 1 amide bonds. The second-order valence-electron chi connectivity index (χ2n) is 6.66. The van der Waals surface area contributed by atoms with E-state index in [2.05, 4.69) is 47.6 Å². The molecular formula is C18H11Br2F5N4OS. The van der Waals surface area contributed by atoms with Crippen molar-refractivity contribution in [1.29, 1.82) is 0 Å². The van der Waals surface area contributed by atoms with Gasteiger partial charge >= 0.3 is 6.18 Å². The molecule has 2 atom stereocenters. The first-order valence-electron chi connectivity index (χ1n) is 8.66. The quantitative estimate of drug-likeness (QED) is 0.338. The van der Waals surface area contributed by atoms with E-state index in [1.165, 1.54) is 11.3 Å². The highest BCUT2D eigenvalue weighted by molar-refractivity contribution is 9.11. The normalized spacial score (nSPS) is 18.4. The number of halogens is 7. The molecule has 1 aliphatic rings. The van der Waals surface area contributed by atoms with Crippen LogP contribution in [0.15, 0.2) is 38.6 Å². The van der Waals surface area contributed by atoms with E-state index in [1.54, 1.807) is 17.5 Å². The minimum Gasteiger partial charge on any atom is -0.362 e. The van der Waals surface area contributed by atoms with Crippen molar-refractivity contribution < 1.29 is 26.7 Å². The number of aromatic nitrogens is 2. The van der Waals surface area contributed by atoms with Gasteiger partial charge in [-0.25, -0.2) is 13.5 Å². The van der Waals surface area contributed by atoms with Crippen molar-refractivity contribution in [3.8, 4) is 0 Å². The van der Waals surface area contributed by atoms with E-state index >= 15 is 0 Å². The molecule has 13 heteroatoms. The van der Waals surface area contributed by atoms with Crippen LogP contribution in [-0.2, 0) is 0 Å². The van der Waals surface area contributed by atoms with Crippen LogP contribution in [0.25, 0.3) is 0 Å². The Labute approximate surface area is 192 Å². The lowest BCUT2D eigenvalue weighted by atomic mass is 10.0. The molecule has 2 aromatic heterocycles. The third-order valence-corrected chi connectivity index (χ3v) is 7.01. The number of hydrogen-bond donors (Lipinski definition) is 2. The van der Waals surface area contributed by atoms with Gasteiger partial charge in [0.25, 0.3) is 5.91 Å². The fraction of sp³-hybridized carbons (Fsp3) is 0.222. The highest BCUT2D eigenvalue weighted by atomic mass is 79.9. The minimum atomic E-state index is -4.61. The van der Waals surface area contributed by atoms with Gasteiger partial charge in [0.2, 0.25) is 0 Å². The molecule has 1 aromatic carbocycles. The zero-order chi connectivity index (χ0) is 22.5. The van der Waals surface area contributed by atoms with Crippen molar-refractivity contribution in [3.05, 3.63) is 60.8 Å². The van der Waals surface area contributed by atoms with Crippen LogP contribution in [0.5, 0.6) is 0 Å². The van der Waals surface area contributed by atoms with E-state index in [4.69, 9.17) is 0 Å². The highest BCUT2D eigenvalue weighted by Gasteiger charge is 2.48. The van der Waals surface area contributed by atoms with E-state index in [0.717, 1.165) is 6.07 Å². The predicted octanol–water partition coefficient (Wildman–Crippen LogP) is 6.66. The summed E-state index contributed by atoms with van der Waals surface area (Å²) in [6.07, 6.45) is -4.93. The highest BCUT2D eigenvalue weighted by Crippen LogP contribution is 2.47. The summed E-state index contributed by atoms with van der Waals surface area (Å²) in [6, 6.07) is 2.37. The van der Waals surface area contributed by atoms with Crippen LogP contribution < -0.4 is 10.6 Å². The number of carbonyl (C=O) groups is 1. The van der Waals surface area contributed by atoms with E-state index in [1.807, 2.05) is 0 Å². The Kier molecular flexibility index (Phi) is 5.85. The summed E-state index contributed by atoms with van der Waals surface area (Å²) in [7, 11) is 0. The van der Waals surface area contributed by atoms with Crippen molar-refractivity contribution >= 4 is 60.6 Å². The number of alkyl halides is 3. The van der Waals surface area contributed by atoms with Crippen LogP contribution >= 0.6 is 43.2 Å². The van der Waals surface area contributed by atoms with Gasteiger partial charge in [-0.1, -0.05) is 6.07 Å². The van der Waals surface area contributed by atoms with E-state index in [9.17, 15) is 26.7 Å². The van der Waals surface area contributed by atoms with Crippen molar-refractivity contribution in [3.63, 3.8) is 0 Å². The summed E-state index contributed by atoms with van der Waals surface area (Å²) in [5.41, 5.74) is -0.736. The number of fused-ring (bicyclic) bond motifs is 1. The van der Waals surface area contributed by atoms with Crippen LogP contribution in [0.3, 0.4) is 0 Å². The van der Waals surface area contributed by atoms with Crippen molar-refractivity contribution in [2.45, 2.75) is 24.7 Å². The third kappa shape index (κ3) is 4.22. The molecule has 4 rings (SSSR count). The van der Waals surface area contributed by atoms with Gasteiger partial charge < -0.3 is 10.6 Å². The molecule has 0 spiro atoms. The standard InChI is InChI=1S/C18H11Br2F5N4OS/c19-8-4-7(21)5-9(22)14(8)27-17(30)15-13(20)16-26-10(11-2-1-3-31-11)6-12(18(23,24)25)29(16)28-15/h1-5,10,12,26H,6H2,(H,27,30)/t10-,12+/m1/s1. The molecule has 164 valence electrons. The zero-order valence-corrected chi connectivity index (χ0v) is 19.1. The molecule has 0 saturated heterocycles. The molecule has 0 bridgehead atoms. The van der Waals surface area contributed by atoms with Gasteiger partial charge in [-0.05, 0) is 49.4 Å². The van der Waals surface area contributed by atoms with Crippen LogP contribution in [-0.4, -0.2) is 21.9 Å². The van der Waals surface area contributed by atoms with Crippen molar-refractivity contribution in [2.24, 2.45) is 0 Å². The topological polar surface area (TPSA) is 59.0 Å². The monoisotopic (exact) mass is 584 g/mol. The lowest BCUT2D eigenvalue weighted by molar-refractivity contribution is -0.173. The fourth-order valence-corrected chi connectivity index (χ4v) is 5.10. The lowest BCUT2D eigenvalue weighted by Gasteiger charge is -2.33. The molecular weight excluding hydrogens is 575 g/mol. The van der Waals surface area contributed by atoms with E-state index < -0.39 is 35.8 Å². The average molecular weight is 586 g/mol. The number of thiophene rings is 1. The first-order chi connectivity index (χ1) is 14.6. The summed E-state index contributed by atoms with van der Waals surface area (Å²) in [5, 5.41) is 10.8. The molecule has 0 fully saturated rings. The number of benzene rings is 1. The van der Waals surface area contributed by atoms with Gasteiger partial charge in [-0.15, -0.1) is 11.3 Å². The molecule has 3 aromatic rings. The van der Waals surface area contributed by atoms with Gasteiger partial charge in [-0.3, -0.25) is 4.79 Å². The van der Waals surface area contributed by atoms with E-state index in [-0.39, 0.29) is 32.6 Å². The van der Waals surface area contributed by atoms with Crippen LogP contribution in [0.1, 0.15) is 33.9 Å². The van der Waals surface area contributed by atoms with Crippen LogP contribution in [0.2, 0.25) is 0 Å².